The first-order valence-corrected chi connectivity index (χ1v) is 7.94. The van der Waals surface area contributed by atoms with Crippen LogP contribution in [0, 0.1) is 5.41 Å². The molecule has 4 heteroatoms. The molecule has 0 spiro atoms. The second kappa shape index (κ2) is 6.97. The summed E-state index contributed by atoms with van der Waals surface area (Å²) in [5.74, 6) is -0.717. The van der Waals surface area contributed by atoms with E-state index in [1.54, 1.807) is 6.26 Å². The molecule has 2 rings (SSSR count). The largest absolute Gasteiger partial charge is 0.481 e. The zero-order valence-corrected chi connectivity index (χ0v) is 13.6. The lowest BCUT2D eigenvalue weighted by Crippen LogP contribution is -2.43. The Morgan fingerprint density at radius 3 is 2.64 bits per heavy atom. The van der Waals surface area contributed by atoms with Crippen LogP contribution in [0.4, 0.5) is 0 Å². The van der Waals surface area contributed by atoms with Gasteiger partial charge in [0.25, 0.3) is 0 Å². The second-order valence-electron chi connectivity index (χ2n) is 6.04. The van der Waals surface area contributed by atoms with E-state index in [1.807, 2.05) is 32.0 Å². The maximum absolute atomic E-state index is 11.5. The van der Waals surface area contributed by atoms with Gasteiger partial charge in [-0.25, -0.2) is 0 Å². The van der Waals surface area contributed by atoms with Gasteiger partial charge in [0.15, 0.2) is 0 Å². The Morgan fingerprint density at radius 1 is 1.32 bits per heavy atom. The van der Waals surface area contributed by atoms with Gasteiger partial charge in [-0.05, 0) is 37.8 Å². The monoisotopic (exact) mass is 303 g/mol. The van der Waals surface area contributed by atoms with Gasteiger partial charge >= 0.3 is 5.97 Å². The molecular weight excluding hydrogens is 278 g/mol. The predicted molar refractivity (Wildman–Crippen MR) is 88.0 cm³/mol. The van der Waals surface area contributed by atoms with Crippen LogP contribution in [-0.4, -0.2) is 23.7 Å². The third kappa shape index (κ3) is 3.33. The number of rotatable bonds is 8. The van der Waals surface area contributed by atoms with Crippen LogP contribution < -0.4 is 5.32 Å². The van der Waals surface area contributed by atoms with E-state index in [1.165, 1.54) is 0 Å². The van der Waals surface area contributed by atoms with Crippen molar-refractivity contribution in [1.29, 1.82) is 0 Å². The number of fused-ring (bicyclic) bond motifs is 1. The highest BCUT2D eigenvalue weighted by atomic mass is 16.4. The minimum Gasteiger partial charge on any atom is -0.481 e. The molecule has 0 radical (unpaired) electrons. The summed E-state index contributed by atoms with van der Waals surface area (Å²) in [6, 6.07) is 8.17. The molecule has 0 bridgehead atoms. The van der Waals surface area contributed by atoms with Gasteiger partial charge in [0.05, 0.1) is 11.7 Å². The fraction of sp³-hybridized carbons (Fsp3) is 0.500. The first-order chi connectivity index (χ1) is 10.5. The smallest absolute Gasteiger partial charge is 0.310 e. The van der Waals surface area contributed by atoms with Crippen molar-refractivity contribution in [3.63, 3.8) is 0 Å². The maximum atomic E-state index is 11.5. The summed E-state index contributed by atoms with van der Waals surface area (Å²) in [5.41, 5.74) is 1.38. The average Bonchev–Trinajstić information content (AvgIpc) is 2.92. The van der Waals surface area contributed by atoms with Crippen molar-refractivity contribution in [3.8, 4) is 0 Å². The lowest BCUT2D eigenvalue weighted by molar-refractivity contribution is -0.149. The van der Waals surface area contributed by atoms with Gasteiger partial charge < -0.3 is 14.8 Å². The van der Waals surface area contributed by atoms with E-state index in [0.717, 1.165) is 23.0 Å². The maximum Gasteiger partial charge on any atom is 0.310 e. The number of furan rings is 1. The van der Waals surface area contributed by atoms with Crippen LogP contribution in [0.5, 0.6) is 0 Å². The molecule has 0 saturated carbocycles. The minimum atomic E-state index is -0.717. The number of carboxylic acids is 1. The van der Waals surface area contributed by atoms with Gasteiger partial charge in [0.2, 0.25) is 0 Å². The van der Waals surface area contributed by atoms with Crippen LogP contribution in [0.3, 0.4) is 0 Å². The van der Waals surface area contributed by atoms with Gasteiger partial charge in [0, 0.05) is 18.0 Å². The molecule has 0 amide bonds. The highest BCUT2D eigenvalue weighted by Gasteiger charge is 2.34. The van der Waals surface area contributed by atoms with Crippen LogP contribution in [0.1, 0.15) is 39.2 Å². The Balaban J connectivity index is 2.01. The first kappa shape index (κ1) is 16.6. The summed E-state index contributed by atoms with van der Waals surface area (Å²) < 4.78 is 5.55. The van der Waals surface area contributed by atoms with Gasteiger partial charge in [0.1, 0.15) is 5.58 Å². The van der Waals surface area contributed by atoms with Crippen molar-refractivity contribution >= 4 is 16.9 Å². The first-order valence-electron chi connectivity index (χ1n) is 7.94. The SMILES string of the molecule is CCC(CC)(CNC(C)Cc1coc2ccccc12)C(=O)O. The number of nitrogens with one attached hydrogen (secondary N) is 1. The molecule has 4 nitrogen and oxygen atoms in total. The molecule has 22 heavy (non-hydrogen) atoms. The van der Waals surface area contributed by atoms with Gasteiger partial charge in [-0.15, -0.1) is 0 Å². The molecule has 1 aromatic carbocycles. The molecular formula is C18H25NO3. The molecule has 1 unspecified atom stereocenters. The molecule has 0 saturated heterocycles. The Bertz CT molecular complexity index is 628. The lowest BCUT2D eigenvalue weighted by atomic mass is 9.82. The zero-order valence-electron chi connectivity index (χ0n) is 13.6. The Morgan fingerprint density at radius 2 is 2.00 bits per heavy atom. The van der Waals surface area contributed by atoms with Crippen molar-refractivity contribution in [2.45, 2.75) is 46.1 Å². The van der Waals surface area contributed by atoms with E-state index < -0.39 is 11.4 Å². The summed E-state index contributed by atoms with van der Waals surface area (Å²) in [5, 5.41) is 14.0. The number of para-hydroxylation sites is 1. The van der Waals surface area contributed by atoms with Crippen LogP contribution in [0.15, 0.2) is 34.9 Å². The normalized spacial score (nSPS) is 13.4. The van der Waals surface area contributed by atoms with Gasteiger partial charge in [-0.2, -0.15) is 0 Å². The lowest BCUT2D eigenvalue weighted by Gasteiger charge is -2.28. The van der Waals surface area contributed by atoms with Crippen molar-refractivity contribution in [1.82, 2.24) is 5.32 Å². The van der Waals surface area contributed by atoms with E-state index in [2.05, 4.69) is 18.3 Å². The standard InChI is InChI=1S/C18H25NO3/c1-4-18(5-2,17(20)21)12-19-13(3)10-14-11-22-16-9-7-6-8-15(14)16/h6-9,11,13,19H,4-5,10,12H2,1-3H3,(H,20,21). The molecule has 2 N–H and O–H groups in total. The third-order valence-corrected chi connectivity index (χ3v) is 4.68. The molecule has 0 aliphatic rings. The number of carbonyl (C=O) groups is 1. The highest BCUT2D eigenvalue weighted by molar-refractivity contribution is 5.80. The number of carboxylic acid groups (broad SMARTS) is 1. The van der Waals surface area contributed by atoms with Crippen molar-refractivity contribution in [2.75, 3.05) is 6.54 Å². The fourth-order valence-electron chi connectivity index (χ4n) is 2.84. The molecule has 1 aromatic heterocycles. The predicted octanol–water partition coefficient (Wildman–Crippen LogP) is 3.84. The molecule has 0 aliphatic heterocycles. The van der Waals surface area contributed by atoms with Gasteiger partial charge in [-0.1, -0.05) is 32.0 Å². The average molecular weight is 303 g/mol. The Labute approximate surface area is 131 Å². The fourth-order valence-corrected chi connectivity index (χ4v) is 2.84. The van der Waals surface area contributed by atoms with E-state index in [-0.39, 0.29) is 6.04 Å². The number of hydrogen-bond donors (Lipinski definition) is 2. The van der Waals surface area contributed by atoms with Crippen molar-refractivity contribution < 1.29 is 14.3 Å². The van der Waals surface area contributed by atoms with E-state index >= 15 is 0 Å². The van der Waals surface area contributed by atoms with Crippen LogP contribution >= 0.6 is 0 Å². The molecule has 1 atom stereocenters. The quantitative estimate of drug-likeness (QED) is 0.777. The Kier molecular flexibility index (Phi) is 5.24. The highest BCUT2D eigenvalue weighted by Crippen LogP contribution is 2.26. The van der Waals surface area contributed by atoms with E-state index in [9.17, 15) is 9.90 Å². The second-order valence-corrected chi connectivity index (χ2v) is 6.04. The van der Waals surface area contributed by atoms with E-state index in [0.29, 0.717) is 19.4 Å². The van der Waals surface area contributed by atoms with Crippen molar-refractivity contribution in [2.24, 2.45) is 5.41 Å². The summed E-state index contributed by atoms with van der Waals surface area (Å²) in [4.78, 5) is 11.5. The molecule has 0 fully saturated rings. The zero-order chi connectivity index (χ0) is 16.2. The van der Waals surface area contributed by atoms with E-state index in [4.69, 9.17) is 4.42 Å². The number of aliphatic carboxylic acids is 1. The third-order valence-electron chi connectivity index (χ3n) is 4.68. The van der Waals surface area contributed by atoms with Crippen molar-refractivity contribution in [3.05, 3.63) is 36.1 Å². The molecule has 2 aromatic rings. The van der Waals surface area contributed by atoms with Gasteiger partial charge in [-0.3, -0.25) is 4.79 Å². The van der Waals surface area contributed by atoms with Crippen LogP contribution in [0.2, 0.25) is 0 Å². The Hall–Kier alpha value is -1.81. The summed E-state index contributed by atoms with van der Waals surface area (Å²) in [7, 11) is 0. The number of benzene rings is 1. The molecule has 0 aliphatic carbocycles. The summed E-state index contributed by atoms with van der Waals surface area (Å²) in [6.45, 7) is 6.45. The topological polar surface area (TPSA) is 62.5 Å². The molecule has 1 heterocycles. The van der Waals surface area contributed by atoms with Crippen LogP contribution in [-0.2, 0) is 11.2 Å². The summed E-state index contributed by atoms with van der Waals surface area (Å²) in [6.07, 6.45) is 3.88. The summed E-state index contributed by atoms with van der Waals surface area (Å²) >= 11 is 0. The molecule has 120 valence electrons. The number of hydrogen-bond acceptors (Lipinski definition) is 3. The minimum absolute atomic E-state index is 0.192. The van der Waals surface area contributed by atoms with Crippen LogP contribution in [0.25, 0.3) is 11.0 Å².